The second kappa shape index (κ2) is 3.86. The predicted octanol–water partition coefficient (Wildman–Crippen LogP) is 3.23. The zero-order valence-electron chi connectivity index (χ0n) is 10.4. The molecule has 0 N–H and O–H groups in total. The van der Waals surface area contributed by atoms with E-state index in [0.29, 0.717) is 5.78 Å². The molecule has 2 aliphatic rings. The molecule has 2 unspecified atom stereocenters. The fraction of sp³-hybridized carbons (Fsp3) is 0.533. The van der Waals surface area contributed by atoms with Gasteiger partial charge in [-0.3, -0.25) is 4.79 Å². The van der Waals surface area contributed by atoms with Crippen LogP contribution in [0.25, 0.3) is 0 Å². The van der Waals surface area contributed by atoms with E-state index in [1.54, 1.807) is 7.11 Å². The zero-order valence-corrected chi connectivity index (χ0v) is 10.4. The van der Waals surface area contributed by atoms with Crippen molar-refractivity contribution in [3.63, 3.8) is 0 Å². The number of ether oxygens (including phenoxy) is 1. The maximum absolute atomic E-state index is 12.3. The molecule has 0 amide bonds. The van der Waals surface area contributed by atoms with Gasteiger partial charge in [-0.05, 0) is 61.8 Å². The van der Waals surface area contributed by atoms with Crippen molar-refractivity contribution in [2.24, 2.45) is 17.8 Å². The van der Waals surface area contributed by atoms with E-state index in [0.717, 1.165) is 41.6 Å². The van der Waals surface area contributed by atoms with Crippen molar-refractivity contribution in [2.45, 2.75) is 26.2 Å². The zero-order chi connectivity index (χ0) is 12.0. The predicted molar refractivity (Wildman–Crippen MR) is 66.4 cm³/mol. The third kappa shape index (κ3) is 1.86. The highest BCUT2D eigenvalue weighted by Gasteiger charge is 2.47. The van der Waals surface area contributed by atoms with Gasteiger partial charge in [0.15, 0.2) is 5.78 Å². The highest BCUT2D eigenvalue weighted by Crippen LogP contribution is 2.54. The molecule has 0 heterocycles. The third-order valence-corrected chi connectivity index (χ3v) is 4.29. The molecule has 3 rings (SSSR count). The number of Topliss-reactive ketones (excluding diaryl/α,β-unsaturated/α-hetero) is 1. The highest BCUT2D eigenvalue weighted by atomic mass is 16.5. The van der Waals surface area contributed by atoms with Crippen LogP contribution in [0.2, 0.25) is 0 Å². The molecule has 0 aromatic heterocycles. The first kappa shape index (κ1) is 10.8. The van der Waals surface area contributed by atoms with Crippen LogP contribution in [-0.4, -0.2) is 12.9 Å². The lowest BCUT2D eigenvalue weighted by Gasteiger charge is -2.12. The van der Waals surface area contributed by atoms with E-state index in [1.165, 1.54) is 6.42 Å². The number of carbonyl (C=O) groups excluding carboxylic acids is 1. The maximum Gasteiger partial charge on any atom is 0.165 e. The molecule has 17 heavy (non-hydrogen) atoms. The molecule has 2 nitrogen and oxygen atoms in total. The number of ketones is 1. The van der Waals surface area contributed by atoms with Crippen LogP contribution in [0.5, 0.6) is 5.75 Å². The summed E-state index contributed by atoms with van der Waals surface area (Å²) < 4.78 is 5.22. The van der Waals surface area contributed by atoms with Gasteiger partial charge in [0.1, 0.15) is 5.75 Å². The molecule has 2 aliphatic carbocycles. The standard InChI is InChI=1S/C15H18O2/c1-9-5-10(3-4-14(9)17-2)15(16)13-7-11-6-12(11)8-13/h3-5,11-13H,6-8H2,1-2H3. The van der Waals surface area contributed by atoms with Crippen LogP contribution in [-0.2, 0) is 0 Å². The lowest BCUT2D eigenvalue weighted by molar-refractivity contribution is 0.0914. The van der Waals surface area contributed by atoms with E-state index in [1.807, 2.05) is 25.1 Å². The average Bonchev–Trinajstić information content (AvgIpc) is 2.95. The molecule has 90 valence electrons. The summed E-state index contributed by atoms with van der Waals surface area (Å²) in [5.41, 5.74) is 1.90. The number of carbonyl (C=O) groups is 1. The molecule has 0 radical (unpaired) electrons. The third-order valence-electron chi connectivity index (χ3n) is 4.29. The number of aryl methyl sites for hydroxylation is 1. The van der Waals surface area contributed by atoms with Crippen LogP contribution in [0.15, 0.2) is 18.2 Å². The highest BCUT2D eigenvalue weighted by molar-refractivity contribution is 5.98. The number of benzene rings is 1. The van der Waals surface area contributed by atoms with Gasteiger partial charge in [0, 0.05) is 11.5 Å². The molecule has 1 aromatic carbocycles. The Hall–Kier alpha value is -1.31. The van der Waals surface area contributed by atoms with Crippen molar-refractivity contribution in [3.05, 3.63) is 29.3 Å². The summed E-state index contributed by atoms with van der Waals surface area (Å²) in [4.78, 5) is 12.3. The minimum absolute atomic E-state index is 0.284. The number of rotatable bonds is 3. The summed E-state index contributed by atoms with van der Waals surface area (Å²) in [7, 11) is 1.66. The molecule has 2 atom stereocenters. The first-order chi connectivity index (χ1) is 8.19. The maximum atomic E-state index is 12.3. The van der Waals surface area contributed by atoms with E-state index >= 15 is 0 Å². The Bertz CT molecular complexity index is 454. The van der Waals surface area contributed by atoms with Gasteiger partial charge >= 0.3 is 0 Å². The van der Waals surface area contributed by atoms with Gasteiger partial charge in [-0.15, -0.1) is 0 Å². The molecular weight excluding hydrogens is 212 g/mol. The van der Waals surface area contributed by atoms with Crippen molar-refractivity contribution >= 4 is 5.78 Å². The Balaban J connectivity index is 1.79. The Morgan fingerprint density at radius 3 is 2.53 bits per heavy atom. The topological polar surface area (TPSA) is 26.3 Å². The summed E-state index contributed by atoms with van der Waals surface area (Å²) in [6.45, 7) is 1.99. The van der Waals surface area contributed by atoms with E-state index in [9.17, 15) is 4.79 Å². The minimum atomic E-state index is 0.284. The molecule has 2 fully saturated rings. The monoisotopic (exact) mass is 230 g/mol. The second-order valence-electron chi connectivity index (χ2n) is 5.47. The van der Waals surface area contributed by atoms with E-state index in [2.05, 4.69) is 0 Å². The fourth-order valence-corrected chi connectivity index (χ4v) is 3.20. The Labute approximate surface area is 102 Å². The molecule has 0 bridgehead atoms. The van der Waals surface area contributed by atoms with E-state index in [4.69, 9.17) is 4.74 Å². The lowest BCUT2D eigenvalue weighted by atomic mass is 9.92. The fourth-order valence-electron chi connectivity index (χ4n) is 3.20. The second-order valence-corrected chi connectivity index (χ2v) is 5.47. The molecule has 0 aliphatic heterocycles. The van der Waals surface area contributed by atoms with Crippen LogP contribution in [0.3, 0.4) is 0 Å². The van der Waals surface area contributed by atoms with Crippen LogP contribution in [0, 0.1) is 24.7 Å². The molecule has 0 spiro atoms. The van der Waals surface area contributed by atoms with Crippen LogP contribution < -0.4 is 4.74 Å². The van der Waals surface area contributed by atoms with Crippen molar-refractivity contribution in [1.82, 2.24) is 0 Å². The summed E-state index contributed by atoms with van der Waals surface area (Å²) >= 11 is 0. The molecule has 0 saturated heterocycles. The minimum Gasteiger partial charge on any atom is -0.496 e. The summed E-state index contributed by atoms with van der Waals surface area (Å²) in [5, 5.41) is 0. The van der Waals surface area contributed by atoms with Crippen molar-refractivity contribution in [3.8, 4) is 5.75 Å². The smallest absolute Gasteiger partial charge is 0.165 e. The normalized spacial score (nSPS) is 29.9. The van der Waals surface area contributed by atoms with E-state index in [-0.39, 0.29) is 5.92 Å². The van der Waals surface area contributed by atoms with Gasteiger partial charge in [-0.25, -0.2) is 0 Å². The summed E-state index contributed by atoms with van der Waals surface area (Å²) in [6.07, 6.45) is 3.61. The van der Waals surface area contributed by atoms with Gasteiger partial charge in [0.2, 0.25) is 0 Å². The van der Waals surface area contributed by atoms with Crippen LogP contribution in [0.4, 0.5) is 0 Å². The Morgan fingerprint density at radius 1 is 1.24 bits per heavy atom. The Morgan fingerprint density at radius 2 is 1.94 bits per heavy atom. The molecular formula is C15H18O2. The molecule has 2 saturated carbocycles. The number of methoxy groups -OCH3 is 1. The largest absolute Gasteiger partial charge is 0.496 e. The lowest BCUT2D eigenvalue weighted by Crippen LogP contribution is -2.13. The van der Waals surface area contributed by atoms with Gasteiger partial charge in [0.25, 0.3) is 0 Å². The number of fused-ring (bicyclic) bond motifs is 1. The molecule has 1 aromatic rings. The summed E-state index contributed by atoms with van der Waals surface area (Å²) in [6, 6.07) is 5.77. The van der Waals surface area contributed by atoms with Gasteiger partial charge < -0.3 is 4.74 Å². The van der Waals surface area contributed by atoms with Crippen molar-refractivity contribution in [1.29, 1.82) is 0 Å². The first-order valence-electron chi connectivity index (χ1n) is 6.38. The van der Waals surface area contributed by atoms with Crippen LogP contribution in [0.1, 0.15) is 35.2 Å². The summed E-state index contributed by atoms with van der Waals surface area (Å²) in [5.74, 6) is 3.21. The quantitative estimate of drug-likeness (QED) is 0.745. The Kier molecular flexibility index (Phi) is 2.46. The van der Waals surface area contributed by atoms with Gasteiger partial charge in [0.05, 0.1) is 7.11 Å². The van der Waals surface area contributed by atoms with Gasteiger partial charge in [-0.1, -0.05) is 0 Å². The van der Waals surface area contributed by atoms with Crippen molar-refractivity contribution < 1.29 is 9.53 Å². The number of hydrogen-bond acceptors (Lipinski definition) is 2. The number of hydrogen-bond donors (Lipinski definition) is 0. The molecule has 2 heteroatoms. The average molecular weight is 230 g/mol. The SMILES string of the molecule is COc1ccc(C(=O)C2CC3CC3C2)cc1C. The van der Waals surface area contributed by atoms with Crippen LogP contribution >= 0.6 is 0 Å². The van der Waals surface area contributed by atoms with Crippen molar-refractivity contribution in [2.75, 3.05) is 7.11 Å². The van der Waals surface area contributed by atoms with Gasteiger partial charge in [-0.2, -0.15) is 0 Å². The van der Waals surface area contributed by atoms with E-state index < -0.39 is 0 Å². The first-order valence-corrected chi connectivity index (χ1v) is 6.38.